The van der Waals surface area contributed by atoms with E-state index >= 15 is 0 Å². The Morgan fingerprint density at radius 1 is 1.38 bits per heavy atom. The lowest BCUT2D eigenvalue weighted by Gasteiger charge is -2.21. The number of carbonyl (C=O) groups excluding carboxylic acids is 1. The van der Waals surface area contributed by atoms with Gasteiger partial charge in [-0.1, -0.05) is 6.07 Å². The summed E-state index contributed by atoms with van der Waals surface area (Å²) in [6.07, 6.45) is 5.77. The lowest BCUT2D eigenvalue weighted by molar-refractivity contribution is 0.0597. The monoisotopic (exact) mass is 325 g/mol. The lowest BCUT2D eigenvalue weighted by Crippen LogP contribution is -2.11. The van der Waals surface area contributed by atoms with Gasteiger partial charge in [-0.3, -0.25) is 4.98 Å². The predicted octanol–water partition coefficient (Wildman–Crippen LogP) is 2.62. The molecule has 1 aromatic heterocycles. The van der Waals surface area contributed by atoms with Crippen LogP contribution in [-0.4, -0.2) is 23.2 Å². The number of methoxy groups -OCH3 is 1. The summed E-state index contributed by atoms with van der Waals surface area (Å²) in [6, 6.07) is 5.04. The van der Waals surface area contributed by atoms with Crippen LogP contribution in [0.2, 0.25) is 0 Å². The van der Waals surface area contributed by atoms with Gasteiger partial charge in [-0.2, -0.15) is 0 Å². The van der Waals surface area contributed by atoms with E-state index in [2.05, 4.69) is 4.98 Å². The molecule has 6 heteroatoms. The Balaban J connectivity index is 1.72. The lowest BCUT2D eigenvalue weighted by atomic mass is 10.0. The molecular weight excluding hydrogens is 310 g/mol. The molecule has 2 aromatic rings. The van der Waals surface area contributed by atoms with Crippen molar-refractivity contribution < 1.29 is 24.1 Å². The average Bonchev–Trinajstić information content (AvgIpc) is 3.01. The number of pyridine rings is 1. The van der Waals surface area contributed by atoms with Gasteiger partial charge in [0.05, 0.1) is 13.2 Å². The number of aromatic nitrogens is 1. The normalized spacial score (nSPS) is 17.9. The fourth-order valence-corrected chi connectivity index (χ4v) is 3.08. The fourth-order valence-electron chi connectivity index (χ4n) is 3.08. The highest BCUT2D eigenvalue weighted by Crippen LogP contribution is 2.41. The van der Waals surface area contributed by atoms with Crippen molar-refractivity contribution in [3.05, 3.63) is 59.1 Å². The van der Waals surface area contributed by atoms with E-state index in [-0.39, 0.29) is 0 Å². The van der Waals surface area contributed by atoms with Gasteiger partial charge in [0.15, 0.2) is 17.3 Å². The van der Waals surface area contributed by atoms with Crippen LogP contribution in [0.1, 0.15) is 39.6 Å². The molecule has 0 saturated carbocycles. The van der Waals surface area contributed by atoms with Gasteiger partial charge in [0.1, 0.15) is 11.8 Å². The largest absolute Gasteiger partial charge is 0.465 e. The van der Waals surface area contributed by atoms with Crippen molar-refractivity contribution in [2.75, 3.05) is 7.11 Å². The highest BCUT2D eigenvalue weighted by Gasteiger charge is 2.28. The Kier molecular flexibility index (Phi) is 3.46. The molecule has 1 aromatic carbocycles. The van der Waals surface area contributed by atoms with E-state index in [0.717, 1.165) is 23.1 Å². The molecule has 0 saturated heterocycles. The fraction of sp³-hybridized carbons (Fsp3) is 0.222. The van der Waals surface area contributed by atoms with Crippen LogP contribution in [0.3, 0.4) is 0 Å². The Bertz CT molecular complexity index is 858. The van der Waals surface area contributed by atoms with Crippen molar-refractivity contribution >= 4 is 11.7 Å². The minimum atomic E-state index is -0.490. The van der Waals surface area contributed by atoms with Crippen LogP contribution in [0.25, 0.3) is 5.76 Å². The maximum Gasteiger partial charge on any atom is 0.341 e. The molecule has 6 nitrogen and oxygen atoms in total. The number of carbonyl (C=O) groups is 1. The van der Waals surface area contributed by atoms with E-state index in [1.165, 1.54) is 13.4 Å². The molecular formula is C18H15NO5. The van der Waals surface area contributed by atoms with Crippen molar-refractivity contribution in [1.82, 2.24) is 4.98 Å². The standard InChI is InChI=1S/C18H15NO5/c1-22-18(21)11-3-2-4-15-17(11)23-9-16(24-15)13-8-19-7-12-10(13)5-6-14(12)20/h2-4,7-9,14,20H,5-6H2,1H3. The van der Waals surface area contributed by atoms with Gasteiger partial charge < -0.3 is 19.3 Å². The molecule has 2 heterocycles. The molecule has 4 rings (SSSR count). The number of hydrogen-bond acceptors (Lipinski definition) is 6. The smallest absolute Gasteiger partial charge is 0.341 e. The quantitative estimate of drug-likeness (QED) is 0.855. The first-order valence-electron chi connectivity index (χ1n) is 7.60. The van der Waals surface area contributed by atoms with Gasteiger partial charge >= 0.3 is 5.97 Å². The van der Waals surface area contributed by atoms with Gasteiger partial charge in [0.2, 0.25) is 0 Å². The average molecular weight is 325 g/mol. The minimum absolute atomic E-state index is 0.303. The van der Waals surface area contributed by atoms with Crippen molar-refractivity contribution in [3.63, 3.8) is 0 Å². The van der Waals surface area contributed by atoms with Crippen molar-refractivity contribution in [2.24, 2.45) is 0 Å². The zero-order chi connectivity index (χ0) is 16.7. The number of fused-ring (bicyclic) bond motifs is 2. The second-order valence-electron chi connectivity index (χ2n) is 5.64. The number of hydrogen-bond donors (Lipinski definition) is 1. The van der Waals surface area contributed by atoms with E-state index in [1.807, 2.05) is 0 Å². The van der Waals surface area contributed by atoms with E-state index in [4.69, 9.17) is 14.2 Å². The first-order chi connectivity index (χ1) is 11.7. The van der Waals surface area contributed by atoms with E-state index in [9.17, 15) is 9.90 Å². The first kappa shape index (κ1) is 14.7. The van der Waals surface area contributed by atoms with E-state index in [0.29, 0.717) is 29.2 Å². The second-order valence-corrected chi connectivity index (χ2v) is 5.64. The summed E-state index contributed by atoms with van der Waals surface area (Å²) in [5.41, 5.74) is 2.93. The number of nitrogens with zero attached hydrogens (tertiary/aromatic N) is 1. The molecule has 1 N–H and O–H groups in total. The van der Waals surface area contributed by atoms with Crippen LogP contribution in [0, 0.1) is 0 Å². The maximum absolute atomic E-state index is 11.8. The van der Waals surface area contributed by atoms with Crippen LogP contribution < -0.4 is 9.47 Å². The minimum Gasteiger partial charge on any atom is -0.465 e. The number of para-hydroxylation sites is 1. The first-order valence-corrected chi connectivity index (χ1v) is 7.60. The maximum atomic E-state index is 11.8. The number of aliphatic hydroxyl groups is 1. The van der Waals surface area contributed by atoms with Crippen molar-refractivity contribution in [2.45, 2.75) is 18.9 Å². The van der Waals surface area contributed by atoms with Gasteiger partial charge in [-0.15, -0.1) is 0 Å². The molecule has 1 atom stereocenters. The molecule has 0 amide bonds. The zero-order valence-electron chi connectivity index (χ0n) is 13.0. The zero-order valence-corrected chi connectivity index (χ0v) is 13.0. The molecule has 2 aliphatic rings. The molecule has 0 spiro atoms. The molecule has 0 bridgehead atoms. The van der Waals surface area contributed by atoms with Gasteiger partial charge in [-0.05, 0) is 30.5 Å². The number of rotatable bonds is 2. The molecule has 0 radical (unpaired) electrons. The van der Waals surface area contributed by atoms with Crippen molar-refractivity contribution in [1.29, 1.82) is 0 Å². The van der Waals surface area contributed by atoms with Crippen LogP contribution in [0.5, 0.6) is 11.5 Å². The Hall–Kier alpha value is -2.86. The number of aliphatic hydroxyl groups excluding tert-OH is 1. The second kappa shape index (κ2) is 5.65. The Morgan fingerprint density at radius 2 is 2.25 bits per heavy atom. The third-order valence-corrected chi connectivity index (χ3v) is 4.27. The Labute approximate surface area is 138 Å². The van der Waals surface area contributed by atoms with Gasteiger partial charge in [-0.25, -0.2) is 4.79 Å². The van der Waals surface area contributed by atoms with Crippen LogP contribution in [0.4, 0.5) is 0 Å². The molecule has 1 aliphatic heterocycles. The molecule has 1 unspecified atom stereocenters. The topological polar surface area (TPSA) is 77.9 Å². The number of esters is 1. The molecule has 122 valence electrons. The summed E-state index contributed by atoms with van der Waals surface area (Å²) in [5, 5.41) is 10.0. The Morgan fingerprint density at radius 3 is 3.08 bits per heavy atom. The van der Waals surface area contributed by atoms with Gasteiger partial charge in [0, 0.05) is 23.5 Å². The van der Waals surface area contributed by atoms with Crippen LogP contribution in [-0.2, 0) is 11.2 Å². The van der Waals surface area contributed by atoms with E-state index in [1.54, 1.807) is 30.6 Å². The summed E-state index contributed by atoms with van der Waals surface area (Å²) < 4.78 is 16.3. The van der Waals surface area contributed by atoms with E-state index < -0.39 is 12.1 Å². The summed E-state index contributed by atoms with van der Waals surface area (Å²) >= 11 is 0. The molecule has 0 fully saturated rings. The third-order valence-electron chi connectivity index (χ3n) is 4.27. The predicted molar refractivity (Wildman–Crippen MR) is 84.5 cm³/mol. The SMILES string of the molecule is COC(=O)c1cccc2c1OC=C(c1cncc3c1CCC3O)O2. The summed E-state index contributed by atoms with van der Waals surface area (Å²) in [7, 11) is 1.32. The number of benzene rings is 1. The summed E-state index contributed by atoms with van der Waals surface area (Å²) in [4.78, 5) is 16.0. The third kappa shape index (κ3) is 2.23. The van der Waals surface area contributed by atoms with Gasteiger partial charge in [0.25, 0.3) is 0 Å². The molecule has 24 heavy (non-hydrogen) atoms. The van der Waals surface area contributed by atoms with Crippen LogP contribution in [0.15, 0.2) is 36.9 Å². The number of ether oxygens (including phenoxy) is 3. The molecule has 1 aliphatic carbocycles. The van der Waals surface area contributed by atoms with Crippen molar-refractivity contribution in [3.8, 4) is 11.5 Å². The highest BCUT2D eigenvalue weighted by atomic mass is 16.6. The highest BCUT2D eigenvalue weighted by molar-refractivity contribution is 5.94. The summed E-state index contributed by atoms with van der Waals surface area (Å²) in [5.74, 6) is 0.779. The summed E-state index contributed by atoms with van der Waals surface area (Å²) in [6.45, 7) is 0. The van der Waals surface area contributed by atoms with Crippen LogP contribution >= 0.6 is 0 Å².